The average molecular weight is 440 g/mol. The summed E-state index contributed by atoms with van der Waals surface area (Å²) in [6.45, 7) is 2.55. The first-order valence-corrected chi connectivity index (χ1v) is 12.1. The second-order valence-electron chi connectivity index (χ2n) is 6.69. The fourth-order valence-corrected chi connectivity index (χ4v) is 5.59. The van der Waals surface area contributed by atoms with Crippen LogP contribution in [0, 0.1) is 0 Å². The highest BCUT2D eigenvalue weighted by Crippen LogP contribution is 2.29. The van der Waals surface area contributed by atoms with Gasteiger partial charge in [0.15, 0.2) is 4.34 Å². The molecule has 3 rings (SSSR count). The number of nitrogens with one attached hydrogen (secondary N) is 3. The van der Waals surface area contributed by atoms with E-state index >= 15 is 0 Å². The fourth-order valence-electron chi connectivity index (χ4n) is 2.96. The summed E-state index contributed by atoms with van der Waals surface area (Å²) in [5.41, 5.74) is 0. The van der Waals surface area contributed by atoms with Crippen molar-refractivity contribution in [2.45, 2.75) is 61.1 Å². The molecule has 152 valence electrons. The van der Waals surface area contributed by atoms with Gasteiger partial charge in [-0.2, -0.15) is 0 Å². The molecule has 1 unspecified atom stereocenters. The predicted octanol–water partition coefficient (Wildman–Crippen LogP) is 3.89. The number of thiophene rings is 1. The molecule has 0 aliphatic heterocycles. The molecule has 0 aromatic carbocycles. The van der Waals surface area contributed by atoms with Gasteiger partial charge in [-0.3, -0.25) is 10.1 Å². The SMILES string of the molecule is CC(Sc1nnc(NCCc2cccs2)s1)C(=O)NC(=O)NC1CCCCC1. The highest BCUT2D eigenvalue weighted by Gasteiger charge is 2.21. The third-order valence-electron chi connectivity index (χ3n) is 4.46. The van der Waals surface area contributed by atoms with Crippen molar-refractivity contribution < 1.29 is 9.59 Å². The largest absolute Gasteiger partial charge is 0.360 e. The Morgan fingerprint density at radius 2 is 2.11 bits per heavy atom. The molecule has 1 atom stereocenters. The van der Waals surface area contributed by atoms with Crippen molar-refractivity contribution in [2.75, 3.05) is 11.9 Å². The van der Waals surface area contributed by atoms with Crippen LogP contribution in [-0.4, -0.2) is 40.0 Å². The van der Waals surface area contributed by atoms with Crippen molar-refractivity contribution in [3.05, 3.63) is 22.4 Å². The molecule has 0 saturated heterocycles. The van der Waals surface area contributed by atoms with E-state index in [2.05, 4.69) is 37.6 Å². The van der Waals surface area contributed by atoms with E-state index in [0.29, 0.717) is 4.34 Å². The number of urea groups is 1. The predicted molar refractivity (Wildman–Crippen MR) is 115 cm³/mol. The number of rotatable bonds is 8. The minimum absolute atomic E-state index is 0.176. The van der Waals surface area contributed by atoms with E-state index in [-0.39, 0.29) is 11.9 Å². The summed E-state index contributed by atoms with van der Waals surface area (Å²) in [4.78, 5) is 25.6. The third kappa shape index (κ3) is 6.75. The smallest absolute Gasteiger partial charge is 0.321 e. The minimum atomic E-state index is -0.427. The molecule has 28 heavy (non-hydrogen) atoms. The summed E-state index contributed by atoms with van der Waals surface area (Å²) in [6, 6.07) is 3.92. The normalized spacial score (nSPS) is 15.8. The van der Waals surface area contributed by atoms with Gasteiger partial charge in [-0.15, -0.1) is 21.5 Å². The van der Waals surface area contributed by atoms with E-state index < -0.39 is 11.3 Å². The Labute approximate surface area is 177 Å². The monoisotopic (exact) mass is 439 g/mol. The number of carbonyl (C=O) groups excluding carboxylic acids is 2. The highest BCUT2D eigenvalue weighted by molar-refractivity contribution is 8.02. The second kappa shape index (κ2) is 10.8. The summed E-state index contributed by atoms with van der Waals surface area (Å²) in [6.07, 6.45) is 6.39. The lowest BCUT2D eigenvalue weighted by Gasteiger charge is -2.22. The van der Waals surface area contributed by atoms with Crippen LogP contribution in [0.1, 0.15) is 43.9 Å². The first kappa shape index (κ1) is 21.1. The number of anilines is 1. The topological polar surface area (TPSA) is 96.0 Å². The van der Waals surface area contributed by atoms with Gasteiger partial charge in [0.25, 0.3) is 0 Å². The number of nitrogens with zero attached hydrogens (tertiary/aromatic N) is 2. The maximum Gasteiger partial charge on any atom is 0.321 e. The molecule has 3 N–H and O–H groups in total. The fraction of sp³-hybridized carbons (Fsp3) is 0.556. The summed E-state index contributed by atoms with van der Waals surface area (Å²) < 4.78 is 0.703. The molecule has 7 nitrogen and oxygen atoms in total. The van der Waals surface area contributed by atoms with Gasteiger partial charge in [0.1, 0.15) is 0 Å². The van der Waals surface area contributed by atoms with Crippen molar-refractivity contribution in [3.63, 3.8) is 0 Å². The highest BCUT2D eigenvalue weighted by atomic mass is 32.2. The lowest BCUT2D eigenvalue weighted by atomic mass is 9.96. The average Bonchev–Trinajstić information content (AvgIpc) is 3.35. The van der Waals surface area contributed by atoms with Gasteiger partial charge in [-0.25, -0.2) is 4.79 Å². The second-order valence-corrected chi connectivity index (χ2v) is 10.3. The quantitative estimate of drug-likeness (QED) is 0.540. The summed E-state index contributed by atoms with van der Waals surface area (Å²) in [7, 11) is 0. The molecule has 10 heteroatoms. The van der Waals surface area contributed by atoms with Crippen molar-refractivity contribution >= 4 is 51.5 Å². The number of carbonyl (C=O) groups is 2. The third-order valence-corrected chi connectivity index (χ3v) is 7.46. The molecule has 1 aliphatic rings. The number of imide groups is 1. The standard InChI is InChI=1S/C18H25N5O2S3/c1-12(15(24)21-16(25)20-13-6-3-2-4-7-13)27-18-23-22-17(28-18)19-10-9-14-8-5-11-26-14/h5,8,11-13H,2-4,6-7,9-10H2,1H3,(H,19,22)(H2,20,21,24,25). The van der Waals surface area contributed by atoms with Crippen LogP contribution in [0.3, 0.4) is 0 Å². The van der Waals surface area contributed by atoms with Crippen LogP contribution in [0.25, 0.3) is 0 Å². The zero-order valence-corrected chi connectivity index (χ0v) is 18.2. The molecule has 3 amide bonds. The van der Waals surface area contributed by atoms with Crippen LogP contribution < -0.4 is 16.0 Å². The first-order chi connectivity index (χ1) is 13.6. The summed E-state index contributed by atoms with van der Waals surface area (Å²) in [5, 5.41) is 19.2. The van der Waals surface area contributed by atoms with Gasteiger partial charge in [0, 0.05) is 17.5 Å². The van der Waals surface area contributed by atoms with Crippen molar-refractivity contribution in [3.8, 4) is 0 Å². The molecule has 0 spiro atoms. The Morgan fingerprint density at radius 1 is 1.29 bits per heavy atom. The molecule has 2 aromatic rings. The molecular weight excluding hydrogens is 414 g/mol. The van der Waals surface area contributed by atoms with E-state index in [1.165, 1.54) is 34.4 Å². The molecule has 2 heterocycles. The molecule has 2 aromatic heterocycles. The van der Waals surface area contributed by atoms with Gasteiger partial charge < -0.3 is 10.6 Å². The van der Waals surface area contributed by atoms with Crippen LogP contribution in [0.2, 0.25) is 0 Å². The number of thioether (sulfide) groups is 1. The minimum Gasteiger partial charge on any atom is -0.360 e. The summed E-state index contributed by atoms with van der Waals surface area (Å²) in [5.74, 6) is -0.319. The number of hydrogen-bond acceptors (Lipinski definition) is 8. The van der Waals surface area contributed by atoms with Crippen molar-refractivity contribution in [1.29, 1.82) is 0 Å². The Morgan fingerprint density at radius 3 is 2.86 bits per heavy atom. The van der Waals surface area contributed by atoms with Gasteiger partial charge in [0.05, 0.1) is 5.25 Å². The Balaban J connectivity index is 1.38. The first-order valence-electron chi connectivity index (χ1n) is 9.48. The van der Waals surface area contributed by atoms with Gasteiger partial charge in [-0.05, 0) is 37.6 Å². The Hall–Kier alpha value is -1.65. The van der Waals surface area contributed by atoms with E-state index in [1.807, 2.05) is 6.07 Å². The maximum absolute atomic E-state index is 12.3. The Bertz CT molecular complexity index is 759. The van der Waals surface area contributed by atoms with Gasteiger partial charge >= 0.3 is 6.03 Å². The van der Waals surface area contributed by atoms with E-state index in [9.17, 15) is 9.59 Å². The number of amides is 3. The lowest BCUT2D eigenvalue weighted by Crippen LogP contribution is -2.47. The van der Waals surface area contributed by atoms with Crippen molar-refractivity contribution in [1.82, 2.24) is 20.8 Å². The molecule has 1 saturated carbocycles. The van der Waals surface area contributed by atoms with E-state index in [4.69, 9.17) is 0 Å². The van der Waals surface area contributed by atoms with Crippen molar-refractivity contribution in [2.24, 2.45) is 0 Å². The van der Waals surface area contributed by atoms with Crippen LogP contribution in [0.15, 0.2) is 21.9 Å². The number of aromatic nitrogens is 2. The Kier molecular flexibility index (Phi) is 8.11. The molecular formula is C18H25N5O2S3. The van der Waals surface area contributed by atoms with Gasteiger partial charge in [-0.1, -0.05) is 48.4 Å². The van der Waals surface area contributed by atoms with Crippen LogP contribution >= 0.6 is 34.4 Å². The molecule has 1 aliphatic carbocycles. The lowest BCUT2D eigenvalue weighted by molar-refractivity contribution is -0.119. The van der Waals surface area contributed by atoms with E-state index in [1.54, 1.807) is 18.3 Å². The van der Waals surface area contributed by atoms with Crippen LogP contribution in [-0.2, 0) is 11.2 Å². The zero-order valence-electron chi connectivity index (χ0n) is 15.8. The summed E-state index contributed by atoms with van der Waals surface area (Å²) >= 11 is 4.46. The van der Waals surface area contributed by atoms with Gasteiger partial charge in [0.2, 0.25) is 11.0 Å². The van der Waals surface area contributed by atoms with E-state index in [0.717, 1.165) is 43.8 Å². The number of hydrogen-bond donors (Lipinski definition) is 3. The molecule has 0 radical (unpaired) electrons. The molecule has 0 bridgehead atoms. The van der Waals surface area contributed by atoms with Crippen LogP contribution in [0.4, 0.5) is 9.93 Å². The molecule has 1 fully saturated rings. The maximum atomic E-state index is 12.3. The van der Waals surface area contributed by atoms with Crippen LogP contribution in [0.5, 0.6) is 0 Å². The zero-order chi connectivity index (χ0) is 19.8.